The lowest BCUT2D eigenvalue weighted by Gasteiger charge is -2.35. The fourth-order valence-corrected chi connectivity index (χ4v) is 6.42. The highest BCUT2D eigenvalue weighted by Crippen LogP contribution is 2.43. The first-order valence-electron chi connectivity index (χ1n) is 15.5. The Kier molecular flexibility index (Phi) is 9.19. The predicted molar refractivity (Wildman–Crippen MR) is 158 cm³/mol. The van der Waals surface area contributed by atoms with E-state index in [2.05, 4.69) is 10.3 Å². The molecule has 0 unspecified atom stereocenters. The van der Waals surface area contributed by atoms with Gasteiger partial charge < -0.3 is 24.4 Å². The zero-order chi connectivity index (χ0) is 32.7. The van der Waals surface area contributed by atoms with E-state index in [1.807, 2.05) is 0 Å². The van der Waals surface area contributed by atoms with E-state index in [0.717, 1.165) is 43.9 Å². The van der Waals surface area contributed by atoms with Crippen LogP contribution >= 0.6 is 0 Å². The van der Waals surface area contributed by atoms with Crippen LogP contribution in [0, 0.1) is 17.3 Å². The molecule has 6 atom stereocenters. The number of methoxy groups -OCH3 is 1. The van der Waals surface area contributed by atoms with E-state index in [9.17, 15) is 27.6 Å². The van der Waals surface area contributed by atoms with Crippen molar-refractivity contribution >= 4 is 28.8 Å². The molecule has 1 aromatic carbocycles. The van der Waals surface area contributed by atoms with Gasteiger partial charge in [-0.15, -0.1) is 0 Å². The molecule has 1 aromatic heterocycles. The van der Waals surface area contributed by atoms with Crippen LogP contribution in [0.15, 0.2) is 18.2 Å². The Morgan fingerprint density at radius 2 is 1.76 bits per heavy atom. The number of hydrogen-bond acceptors (Lipinski definition) is 8. The molecule has 0 spiro atoms. The van der Waals surface area contributed by atoms with Gasteiger partial charge in [-0.2, -0.15) is 13.2 Å². The molecule has 5 rings (SSSR count). The minimum atomic E-state index is -4.90. The number of benzene rings is 1. The third-order valence-electron chi connectivity index (χ3n) is 8.93. The smallest absolute Gasteiger partial charge is 0.408 e. The van der Waals surface area contributed by atoms with E-state index >= 15 is 0 Å². The number of hydrogen-bond donors (Lipinski definition) is 1. The number of carbonyl (C=O) groups excluding carboxylic acids is 3. The molecule has 246 valence electrons. The van der Waals surface area contributed by atoms with Gasteiger partial charge in [-0.05, 0) is 56.1 Å². The number of nitrogens with one attached hydrogen (secondary N) is 1. The number of alkyl carbamates (subject to hydrolysis) is 1. The Bertz CT molecular complexity index is 1440. The van der Waals surface area contributed by atoms with E-state index in [4.69, 9.17) is 19.2 Å². The van der Waals surface area contributed by atoms with E-state index < -0.39 is 60.0 Å². The molecule has 10 nitrogen and oxygen atoms in total. The molecule has 0 radical (unpaired) electrons. The van der Waals surface area contributed by atoms with Crippen LogP contribution < -0.4 is 14.8 Å². The molecule has 3 heterocycles. The molecule has 2 bridgehead atoms. The molecule has 2 aliphatic heterocycles. The fraction of sp³-hybridized carbons (Fsp3) is 0.656. The van der Waals surface area contributed by atoms with E-state index in [-0.39, 0.29) is 17.9 Å². The number of Topliss-reactive ketones (excluding diaryl/α,β-unsaturated/α-hetero) is 1. The first-order chi connectivity index (χ1) is 21.2. The second kappa shape index (κ2) is 12.6. The maximum absolute atomic E-state index is 14.8. The van der Waals surface area contributed by atoms with Gasteiger partial charge in [0, 0.05) is 6.07 Å². The maximum atomic E-state index is 14.8. The summed E-state index contributed by atoms with van der Waals surface area (Å²) in [7, 11) is 1.49. The quantitative estimate of drug-likeness (QED) is 0.467. The average Bonchev–Trinajstić information content (AvgIpc) is 3.55. The van der Waals surface area contributed by atoms with Crippen LogP contribution in [0.4, 0.5) is 18.0 Å². The number of fused-ring (bicyclic) bond motifs is 5. The van der Waals surface area contributed by atoms with Gasteiger partial charge in [0.05, 0.1) is 24.7 Å². The number of aromatic nitrogens is 2. The third-order valence-corrected chi connectivity index (χ3v) is 8.93. The zero-order valence-electron chi connectivity index (χ0n) is 26.3. The summed E-state index contributed by atoms with van der Waals surface area (Å²) in [5.74, 6) is -3.34. The largest absolute Gasteiger partial charge is 0.497 e. The Hall–Kier alpha value is -3.64. The van der Waals surface area contributed by atoms with Crippen LogP contribution in [-0.2, 0) is 20.7 Å². The monoisotopic (exact) mass is 634 g/mol. The van der Waals surface area contributed by atoms with Gasteiger partial charge in [0.2, 0.25) is 11.8 Å². The number of aryl methyl sites for hydroxylation is 1. The third kappa shape index (κ3) is 7.27. The van der Waals surface area contributed by atoms with Crippen LogP contribution in [0.2, 0.25) is 0 Å². The highest BCUT2D eigenvalue weighted by Gasteiger charge is 2.61. The maximum Gasteiger partial charge on any atom is 0.408 e. The van der Waals surface area contributed by atoms with Crippen molar-refractivity contribution in [3.05, 3.63) is 23.9 Å². The Balaban J connectivity index is 1.57. The van der Waals surface area contributed by atoms with Crippen molar-refractivity contribution in [3.63, 3.8) is 0 Å². The molecular formula is C32H41F3N4O6. The molecule has 45 heavy (non-hydrogen) atoms. The van der Waals surface area contributed by atoms with Crippen LogP contribution in [0.25, 0.3) is 11.0 Å². The highest BCUT2D eigenvalue weighted by molar-refractivity contribution is 5.92. The summed E-state index contributed by atoms with van der Waals surface area (Å²) < 4.78 is 61.3. The second-order valence-electron chi connectivity index (χ2n) is 13.4. The van der Waals surface area contributed by atoms with Crippen molar-refractivity contribution in [1.29, 1.82) is 0 Å². The summed E-state index contributed by atoms with van der Waals surface area (Å²) in [5.41, 5.74) is 0.407. The average molecular weight is 635 g/mol. The summed E-state index contributed by atoms with van der Waals surface area (Å²) >= 11 is 0. The molecule has 2 fully saturated rings. The molecule has 2 amide bonds. The van der Waals surface area contributed by atoms with Crippen LogP contribution in [-0.4, -0.2) is 76.8 Å². The molecule has 1 aliphatic carbocycles. The standard InChI is InChI=1S/C32H41F3N4O6/c1-17(40)26-25(32(33,34)35)24-16-39(26)29(41)27(31(2,3)4)38-30(42)45-23-14-18(23)10-8-6-7-9-11-21-28(44-24)37-22-15-19(43-5)12-13-20(22)36-21/h12-13,15,18,23-27H,6-11,14,16H2,1-5H3,(H,38,42)/t18-,23-,24+,25-,26-,27-/m1/s1. The van der Waals surface area contributed by atoms with E-state index in [0.29, 0.717) is 35.3 Å². The van der Waals surface area contributed by atoms with E-state index in [1.165, 1.54) is 7.11 Å². The normalized spacial score (nSPS) is 28.4. The SMILES string of the molecule is COc1ccc2nc3c(nc2c1)O[C@H]1CN(C(=O)[C@H](C(C)(C)C)NC(=O)O[C@@H]2C[C@H]2CCCCCC3)[C@H](C(C)=O)[C@@H]1C(F)(F)F. The van der Waals surface area contributed by atoms with Crippen molar-refractivity contribution in [3.8, 4) is 11.6 Å². The zero-order valence-corrected chi connectivity index (χ0v) is 26.3. The van der Waals surface area contributed by atoms with Crippen LogP contribution in [0.5, 0.6) is 11.6 Å². The minimum Gasteiger partial charge on any atom is -0.497 e. The number of alkyl halides is 3. The fourth-order valence-electron chi connectivity index (χ4n) is 6.42. The van der Waals surface area contributed by atoms with Crippen molar-refractivity contribution in [1.82, 2.24) is 20.2 Å². The summed E-state index contributed by atoms with van der Waals surface area (Å²) in [6.45, 7) is 5.54. The summed E-state index contributed by atoms with van der Waals surface area (Å²) in [4.78, 5) is 50.0. The molecule has 3 aliphatic rings. The summed E-state index contributed by atoms with van der Waals surface area (Å²) in [5, 5.41) is 2.60. The van der Waals surface area contributed by atoms with Gasteiger partial charge in [0.25, 0.3) is 0 Å². The summed E-state index contributed by atoms with van der Waals surface area (Å²) in [6, 6.07) is 1.95. The lowest BCUT2D eigenvalue weighted by molar-refractivity contribution is -0.196. The van der Waals surface area contributed by atoms with Gasteiger partial charge in [0.15, 0.2) is 5.78 Å². The first kappa shape index (κ1) is 32.7. The number of carbonyl (C=O) groups is 3. The van der Waals surface area contributed by atoms with Crippen molar-refractivity contribution in [2.75, 3.05) is 13.7 Å². The molecule has 1 saturated heterocycles. The van der Waals surface area contributed by atoms with E-state index in [1.54, 1.807) is 39.0 Å². The van der Waals surface area contributed by atoms with Crippen molar-refractivity contribution < 1.29 is 41.8 Å². The van der Waals surface area contributed by atoms with Crippen molar-refractivity contribution in [2.24, 2.45) is 17.3 Å². The number of ketones is 1. The predicted octanol–water partition coefficient (Wildman–Crippen LogP) is 5.40. The highest BCUT2D eigenvalue weighted by atomic mass is 19.4. The number of ether oxygens (including phenoxy) is 3. The molecule has 2 aromatic rings. The minimum absolute atomic E-state index is 0.0700. The molecule has 1 N–H and O–H groups in total. The Labute approximate surface area is 260 Å². The van der Waals surface area contributed by atoms with Crippen molar-refractivity contribution in [2.45, 2.75) is 103 Å². The topological polar surface area (TPSA) is 120 Å². The summed E-state index contributed by atoms with van der Waals surface area (Å²) in [6.07, 6.45) is -2.12. The molecular weight excluding hydrogens is 593 g/mol. The molecule has 1 saturated carbocycles. The van der Waals surface area contributed by atoms with Gasteiger partial charge in [0.1, 0.15) is 41.7 Å². The first-order valence-corrected chi connectivity index (χ1v) is 15.5. The lowest BCUT2D eigenvalue weighted by atomic mass is 9.85. The number of nitrogens with zero attached hydrogens (tertiary/aromatic N) is 3. The van der Waals surface area contributed by atoms with Gasteiger partial charge in [-0.3, -0.25) is 9.59 Å². The Morgan fingerprint density at radius 3 is 2.42 bits per heavy atom. The molecule has 13 heteroatoms. The number of amides is 2. The second-order valence-corrected chi connectivity index (χ2v) is 13.4. The Morgan fingerprint density at radius 1 is 1.02 bits per heavy atom. The van der Waals surface area contributed by atoms with Crippen LogP contribution in [0.1, 0.15) is 71.9 Å². The van der Waals surface area contributed by atoms with Gasteiger partial charge in [-0.25, -0.2) is 14.8 Å². The lowest BCUT2D eigenvalue weighted by Crippen LogP contribution is -2.57. The van der Waals surface area contributed by atoms with Gasteiger partial charge >= 0.3 is 12.3 Å². The van der Waals surface area contributed by atoms with Crippen LogP contribution in [0.3, 0.4) is 0 Å². The number of rotatable bonds is 2. The number of halogens is 3. The van der Waals surface area contributed by atoms with Gasteiger partial charge in [-0.1, -0.05) is 40.0 Å².